The fourth-order valence-corrected chi connectivity index (χ4v) is 3.82. The Bertz CT molecular complexity index is 814. The maximum absolute atomic E-state index is 12.6. The van der Waals surface area contributed by atoms with E-state index in [1.807, 2.05) is 12.1 Å². The van der Waals surface area contributed by atoms with Crippen molar-refractivity contribution < 1.29 is 13.2 Å². The van der Waals surface area contributed by atoms with Gasteiger partial charge in [-0.3, -0.25) is 4.72 Å². The molecule has 1 N–H and O–H groups in total. The maximum Gasteiger partial charge on any atom is 0.261 e. The van der Waals surface area contributed by atoms with Gasteiger partial charge in [0.2, 0.25) is 0 Å². The fourth-order valence-electron chi connectivity index (χ4n) is 2.65. The van der Waals surface area contributed by atoms with Gasteiger partial charge in [-0.15, -0.1) is 0 Å². The van der Waals surface area contributed by atoms with E-state index in [0.29, 0.717) is 10.7 Å². The van der Waals surface area contributed by atoms with Crippen LogP contribution in [0.3, 0.4) is 0 Å². The lowest BCUT2D eigenvalue weighted by atomic mass is 9.93. The molecule has 0 atom stereocenters. The van der Waals surface area contributed by atoms with Crippen LogP contribution < -0.4 is 9.46 Å². The van der Waals surface area contributed by atoms with Crippen molar-refractivity contribution in [1.29, 1.82) is 0 Å². The zero-order valence-corrected chi connectivity index (χ0v) is 16.7. The normalized spacial score (nSPS) is 11.8. The maximum atomic E-state index is 12.6. The second-order valence-electron chi connectivity index (χ2n) is 6.56. The lowest BCUT2D eigenvalue weighted by molar-refractivity contribution is 0.400. The summed E-state index contributed by atoms with van der Waals surface area (Å²) in [7, 11) is -2.04. The summed E-state index contributed by atoms with van der Waals surface area (Å²) in [6.07, 6.45) is 0. The number of halogens is 1. The van der Waals surface area contributed by atoms with Crippen LogP contribution in [0.4, 0.5) is 5.69 Å². The highest BCUT2D eigenvalue weighted by atomic mass is 35.5. The molecule has 0 heterocycles. The number of hydrogen-bond acceptors (Lipinski definition) is 3. The van der Waals surface area contributed by atoms with Crippen LogP contribution in [0, 0.1) is 0 Å². The third-order valence-electron chi connectivity index (χ3n) is 3.97. The molecule has 0 spiro atoms. The average Bonchev–Trinajstić information content (AvgIpc) is 2.53. The van der Waals surface area contributed by atoms with Gasteiger partial charge in [0.15, 0.2) is 0 Å². The molecule has 2 aromatic carbocycles. The smallest absolute Gasteiger partial charge is 0.261 e. The van der Waals surface area contributed by atoms with Crippen molar-refractivity contribution in [3.8, 4) is 5.75 Å². The van der Waals surface area contributed by atoms with Gasteiger partial charge < -0.3 is 4.74 Å². The molecule has 0 aromatic heterocycles. The topological polar surface area (TPSA) is 55.4 Å². The Kier molecular flexibility index (Phi) is 6.01. The number of methoxy groups -OCH3 is 1. The highest BCUT2D eigenvalue weighted by Gasteiger charge is 2.20. The summed E-state index contributed by atoms with van der Waals surface area (Å²) in [5, 5.41) is 0.493. The van der Waals surface area contributed by atoms with Crippen molar-refractivity contribution in [2.75, 3.05) is 11.8 Å². The van der Waals surface area contributed by atoms with Gasteiger partial charge in [0.1, 0.15) is 5.75 Å². The van der Waals surface area contributed by atoms with Gasteiger partial charge in [0, 0.05) is 10.7 Å². The first kappa shape index (κ1) is 19.6. The van der Waals surface area contributed by atoms with Crippen LogP contribution in [0.2, 0.25) is 5.02 Å². The number of nitrogens with one attached hydrogen (secondary N) is 1. The minimum atomic E-state index is -3.68. The van der Waals surface area contributed by atoms with Gasteiger partial charge in [0.25, 0.3) is 10.0 Å². The number of sulfonamides is 1. The van der Waals surface area contributed by atoms with E-state index in [4.69, 9.17) is 16.3 Å². The first-order valence-corrected chi connectivity index (χ1v) is 10.0. The van der Waals surface area contributed by atoms with E-state index in [2.05, 4.69) is 32.4 Å². The summed E-state index contributed by atoms with van der Waals surface area (Å²) in [6.45, 7) is 8.22. The summed E-state index contributed by atoms with van der Waals surface area (Å²) >= 11 is 5.84. The Hall–Kier alpha value is -1.72. The first-order valence-electron chi connectivity index (χ1n) is 8.16. The second kappa shape index (κ2) is 7.67. The number of ether oxygens (including phenoxy) is 1. The van der Waals surface area contributed by atoms with Crippen LogP contribution in [-0.2, 0) is 10.0 Å². The van der Waals surface area contributed by atoms with Crippen LogP contribution in [0.15, 0.2) is 41.3 Å². The molecule has 2 rings (SSSR count). The van der Waals surface area contributed by atoms with Gasteiger partial charge in [-0.1, -0.05) is 39.3 Å². The van der Waals surface area contributed by atoms with Crippen molar-refractivity contribution in [3.63, 3.8) is 0 Å². The van der Waals surface area contributed by atoms with E-state index in [9.17, 15) is 8.42 Å². The largest absolute Gasteiger partial charge is 0.496 e. The van der Waals surface area contributed by atoms with Crippen LogP contribution in [0.25, 0.3) is 0 Å². The zero-order chi connectivity index (χ0) is 18.8. The highest BCUT2D eigenvalue weighted by molar-refractivity contribution is 7.92. The monoisotopic (exact) mass is 381 g/mol. The number of anilines is 1. The van der Waals surface area contributed by atoms with Crippen molar-refractivity contribution in [1.82, 2.24) is 0 Å². The molecule has 0 bridgehead atoms. The quantitative estimate of drug-likeness (QED) is 0.729. The van der Waals surface area contributed by atoms with Crippen molar-refractivity contribution in [3.05, 3.63) is 52.5 Å². The summed E-state index contributed by atoms with van der Waals surface area (Å²) < 4.78 is 33.5. The summed E-state index contributed by atoms with van der Waals surface area (Å²) in [5.41, 5.74) is 2.48. The molecule has 25 heavy (non-hydrogen) atoms. The van der Waals surface area contributed by atoms with Crippen LogP contribution >= 0.6 is 11.6 Å². The Morgan fingerprint density at radius 2 is 1.44 bits per heavy atom. The molecule has 0 aliphatic heterocycles. The minimum Gasteiger partial charge on any atom is -0.496 e. The molecule has 0 aliphatic rings. The molecule has 0 fully saturated rings. The Labute approximate surface area is 155 Å². The van der Waals surface area contributed by atoms with Gasteiger partial charge in [-0.2, -0.15) is 0 Å². The molecule has 0 aliphatic carbocycles. The van der Waals surface area contributed by atoms with Gasteiger partial charge >= 0.3 is 0 Å². The van der Waals surface area contributed by atoms with E-state index in [1.165, 1.54) is 12.1 Å². The summed E-state index contributed by atoms with van der Waals surface area (Å²) in [4.78, 5) is 0.171. The number of rotatable bonds is 6. The molecular formula is C19H24ClNO3S. The average molecular weight is 382 g/mol. The third-order valence-corrected chi connectivity index (χ3v) is 5.62. The van der Waals surface area contributed by atoms with Crippen LogP contribution in [0.5, 0.6) is 5.75 Å². The molecule has 0 radical (unpaired) electrons. The Morgan fingerprint density at radius 1 is 0.960 bits per heavy atom. The lowest BCUT2D eigenvalue weighted by Gasteiger charge is -2.20. The van der Waals surface area contributed by atoms with Crippen molar-refractivity contribution in [2.24, 2.45) is 0 Å². The fraction of sp³-hybridized carbons (Fsp3) is 0.368. The number of benzene rings is 2. The SMILES string of the molecule is COc1c(C(C)C)cc(NS(=O)(=O)c2ccc(Cl)cc2)cc1C(C)C. The van der Waals surface area contributed by atoms with Crippen LogP contribution in [0.1, 0.15) is 50.7 Å². The molecular weight excluding hydrogens is 358 g/mol. The standard InChI is InChI=1S/C19H24ClNO3S/c1-12(2)17-10-15(11-18(13(3)4)19(17)24-5)21-25(22,23)16-8-6-14(20)7-9-16/h6-13,21H,1-5H3. The van der Waals surface area contributed by atoms with Crippen molar-refractivity contribution >= 4 is 27.3 Å². The Morgan fingerprint density at radius 3 is 1.84 bits per heavy atom. The third kappa shape index (κ3) is 4.47. The molecule has 0 unspecified atom stereocenters. The van der Waals surface area contributed by atoms with Gasteiger partial charge in [0.05, 0.1) is 12.0 Å². The van der Waals surface area contributed by atoms with E-state index >= 15 is 0 Å². The highest BCUT2D eigenvalue weighted by Crippen LogP contribution is 2.37. The van der Waals surface area contributed by atoms with E-state index in [1.54, 1.807) is 19.2 Å². The van der Waals surface area contributed by atoms with Gasteiger partial charge in [-0.05, 0) is 59.4 Å². The second-order valence-corrected chi connectivity index (χ2v) is 8.68. The Balaban J connectivity index is 2.50. The molecule has 0 amide bonds. The molecule has 136 valence electrons. The van der Waals surface area contributed by atoms with Crippen LogP contribution in [-0.4, -0.2) is 15.5 Å². The molecule has 4 nitrogen and oxygen atoms in total. The first-order chi connectivity index (χ1) is 11.7. The summed E-state index contributed by atoms with van der Waals surface area (Å²) in [6, 6.07) is 9.76. The molecule has 0 saturated heterocycles. The number of hydrogen-bond donors (Lipinski definition) is 1. The van der Waals surface area contributed by atoms with E-state index in [-0.39, 0.29) is 16.7 Å². The van der Waals surface area contributed by atoms with E-state index in [0.717, 1.165) is 16.9 Å². The molecule has 0 saturated carbocycles. The van der Waals surface area contributed by atoms with Crippen molar-refractivity contribution in [2.45, 2.75) is 44.4 Å². The summed E-state index contributed by atoms with van der Waals surface area (Å²) in [5.74, 6) is 1.22. The predicted molar refractivity (Wildman–Crippen MR) is 103 cm³/mol. The molecule has 2 aromatic rings. The van der Waals surface area contributed by atoms with Gasteiger partial charge in [-0.25, -0.2) is 8.42 Å². The zero-order valence-electron chi connectivity index (χ0n) is 15.1. The predicted octanol–water partition coefficient (Wildman–Crippen LogP) is 5.40. The lowest BCUT2D eigenvalue weighted by Crippen LogP contribution is -2.14. The molecule has 6 heteroatoms. The van der Waals surface area contributed by atoms with E-state index < -0.39 is 10.0 Å². The minimum absolute atomic E-state index is 0.171.